The van der Waals surface area contributed by atoms with E-state index in [2.05, 4.69) is 0 Å². The second kappa shape index (κ2) is 8.20. The summed E-state index contributed by atoms with van der Waals surface area (Å²) in [5.41, 5.74) is 1.66. The zero-order valence-corrected chi connectivity index (χ0v) is 16.7. The number of carbonyl (C=O) groups excluding carboxylic acids is 1. The Morgan fingerprint density at radius 1 is 1.14 bits per heavy atom. The fraction of sp³-hybridized carbons (Fsp3) is 0.350. The third-order valence-corrected chi connectivity index (χ3v) is 5.91. The predicted octanol–water partition coefficient (Wildman–Crippen LogP) is 2.26. The molecule has 0 spiro atoms. The van der Waals surface area contributed by atoms with Gasteiger partial charge >= 0.3 is 0 Å². The molecule has 1 atom stereocenters. The van der Waals surface area contributed by atoms with E-state index in [1.807, 2.05) is 23.1 Å². The molecule has 1 aliphatic rings. The zero-order valence-electron chi connectivity index (χ0n) is 15.9. The van der Waals surface area contributed by atoms with Gasteiger partial charge in [0, 0.05) is 12.1 Å². The summed E-state index contributed by atoms with van der Waals surface area (Å²) in [6.07, 6.45) is 1.94. The second-order valence-electron chi connectivity index (χ2n) is 6.72. The topological polar surface area (TPSA) is 98.9 Å². The van der Waals surface area contributed by atoms with Gasteiger partial charge in [-0.2, -0.15) is 0 Å². The molecule has 1 amide bonds. The van der Waals surface area contributed by atoms with Crippen molar-refractivity contribution in [2.75, 3.05) is 20.8 Å². The molecule has 1 fully saturated rings. The highest BCUT2D eigenvalue weighted by atomic mass is 32.2. The Balaban J connectivity index is 1.80. The maximum atomic E-state index is 12.9. The molecule has 150 valence electrons. The first-order valence-electron chi connectivity index (χ1n) is 8.96. The van der Waals surface area contributed by atoms with Gasteiger partial charge in [-0.1, -0.05) is 12.1 Å². The summed E-state index contributed by atoms with van der Waals surface area (Å²) in [4.78, 5) is 14.8. The van der Waals surface area contributed by atoms with Gasteiger partial charge in [-0.05, 0) is 48.7 Å². The first-order valence-corrected chi connectivity index (χ1v) is 10.5. The zero-order chi connectivity index (χ0) is 20.3. The molecule has 0 saturated carbocycles. The molecule has 8 heteroatoms. The normalized spacial score (nSPS) is 16.8. The molecule has 1 heterocycles. The summed E-state index contributed by atoms with van der Waals surface area (Å²) in [5, 5.41) is 5.12. The van der Waals surface area contributed by atoms with Crippen molar-refractivity contribution in [3.8, 4) is 11.5 Å². The highest BCUT2D eigenvalue weighted by Crippen LogP contribution is 2.39. The van der Waals surface area contributed by atoms with Gasteiger partial charge in [0.2, 0.25) is 15.9 Å². The minimum absolute atomic E-state index is 0.0178. The number of benzene rings is 2. The number of amides is 1. The van der Waals surface area contributed by atoms with Crippen molar-refractivity contribution in [1.29, 1.82) is 0 Å². The van der Waals surface area contributed by atoms with E-state index in [9.17, 15) is 13.2 Å². The van der Waals surface area contributed by atoms with Crippen LogP contribution in [0.3, 0.4) is 0 Å². The predicted molar refractivity (Wildman–Crippen MR) is 105 cm³/mol. The Morgan fingerprint density at radius 3 is 2.46 bits per heavy atom. The first-order chi connectivity index (χ1) is 13.3. The van der Waals surface area contributed by atoms with E-state index in [-0.39, 0.29) is 23.3 Å². The molecule has 28 heavy (non-hydrogen) atoms. The van der Waals surface area contributed by atoms with Crippen LogP contribution in [-0.4, -0.2) is 40.0 Å². The van der Waals surface area contributed by atoms with Crippen LogP contribution in [0.15, 0.2) is 47.4 Å². The quantitative estimate of drug-likeness (QED) is 0.796. The standard InChI is InChI=1S/C20H24N2O5S/c1-26-15-7-10-19(27-2)17(13-15)18-4-3-11-22(18)20(23)12-14-5-8-16(9-6-14)28(21,24)25/h5-10,13,18H,3-4,11-12H2,1-2H3,(H2,21,24,25). The Hall–Kier alpha value is -2.58. The number of hydrogen-bond acceptors (Lipinski definition) is 5. The monoisotopic (exact) mass is 404 g/mol. The van der Waals surface area contributed by atoms with Gasteiger partial charge in [0.15, 0.2) is 0 Å². The van der Waals surface area contributed by atoms with Crippen molar-refractivity contribution in [2.24, 2.45) is 5.14 Å². The second-order valence-corrected chi connectivity index (χ2v) is 8.28. The van der Waals surface area contributed by atoms with E-state index in [1.54, 1.807) is 26.4 Å². The average Bonchev–Trinajstić information content (AvgIpc) is 3.17. The van der Waals surface area contributed by atoms with Crippen LogP contribution in [0.25, 0.3) is 0 Å². The maximum Gasteiger partial charge on any atom is 0.238 e. The van der Waals surface area contributed by atoms with Crippen LogP contribution < -0.4 is 14.6 Å². The van der Waals surface area contributed by atoms with Crippen LogP contribution in [-0.2, 0) is 21.2 Å². The summed E-state index contributed by atoms with van der Waals surface area (Å²) < 4.78 is 33.5. The molecule has 2 N–H and O–H groups in total. The van der Waals surface area contributed by atoms with E-state index in [0.29, 0.717) is 12.3 Å². The number of nitrogens with zero attached hydrogens (tertiary/aromatic N) is 1. The fourth-order valence-electron chi connectivity index (χ4n) is 3.56. The van der Waals surface area contributed by atoms with Crippen molar-refractivity contribution in [3.05, 3.63) is 53.6 Å². The van der Waals surface area contributed by atoms with Gasteiger partial charge in [-0.25, -0.2) is 13.6 Å². The molecule has 1 unspecified atom stereocenters. The minimum Gasteiger partial charge on any atom is -0.497 e. The number of carbonyl (C=O) groups is 1. The van der Waals surface area contributed by atoms with Crippen LogP contribution in [0.1, 0.15) is 30.0 Å². The van der Waals surface area contributed by atoms with Gasteiger partial charge in [-0.15, -0.1) is 0 Å². The van der Waals surface area contributed by atoms with E-state index >= 15 is 0 Å². The van der Waals surface area contributed by atoms with Gasteiger partial charge in [0.05, 0.1) is 31.6 Å². The minimum atomic E-state index is -3.74. The maximum absolute atomic E-state index is 12.9. The van der Waals surface area contributed by atoms with E-state index in [0.717, 1.165) is 29.7 Å². The summed E-state index contributed by atoms with van der Waals surface area (Å²) in [7, 11) is -0.528. The summed E-state index contributed by atoms with van der Waals surface area (Å²) >= 11 is 0. The first kappa shape index (κ1) is 20.2. The van der Waals surface area contributed by atoms with E-state index in [4.69, 9.17) is 14.6 Å². The van der Waals surface area contributed by atoms with Crippen molar-refractivity contribution >= 4 is 15.9 Å². The molecular formula is C20H24N2O5S. The smallest absolute Gasteiger partial charge is 0.238 e. The molecule has 0 aliphatic carbocycles. The van der Waals surface area contributed by atoms with E-state index < -0.39 is 10.0 Å². The number of ether oxygens (including phenoxy) is 2. The molecule has 0 aromatic heterocycles. The highest BCUT2D eigenvalue weighted by molar-refractivity contribution is 7.89. The van der Waals surface area contributed by atoms with Crippen molar-refractivity contribution < 1.29 is 22.7 Å². The van der Waals surface area contributed by atoms with Crippen LogP contribution in [0.4, 0.5) is 0 Å². The van der Waals surface area contributed by atoms with Gasteiger partial charge in [0.25, 0.3) is 0 Å². The van der Waals surface area contributed by atoms with Crippen LogP contribution in [0.2, 0.25) is 0 Å². The van der Waals surface area contributed by atoms with Crippen molar-refractivity contribution in [1.82, 2.24) is 4.90 Å². The van der Waals surface area contributed by atoms with Gasteiger partial charge in [0.1, 0.15) is 11.5 Å². The lowest BCUT2D eigenvalue weighted by molar-refractivity contribution is -0.131. The van der Waals surface area contributed by atoms with E-state index in [1.165, 1.54) is 12.1 Å². The third kappa shape index (κ3) is 4.28. The van der Waals surface area contributed by atoms with Crippen molar-refractivity contribution in [3.63, 3.8) is 0 Å². The average molecular weight is 404 g/mol. The summed E-state index contributed by atoms with van der Waals surface area (Å²) in [6, 6.07) is 11.6. The lowest BCUT2D eigenvalue weighted by atomic mass is 10.0. The molecule has 1 aliphatic heterocycles. The number of likely N-dealkylation sites (tertiary alicyclic amines) is 1. The number of hydrogen-bond donors (Lipinski definition) is 1. The largest absolute Gasteiger partial charge is 0.497 e. The van der Waals surface area contributed by atoms with Crippen LogP contribution in [0, 0.1) is 0 Å². The molecule has 0 radical (unpaired) electrons. The molecule has 2 aromatic rings. The Kier molecular flexibility index (Phi) is 5.90. The van der Waals surface area contributed by atoms with Crippen molar-refractivity contribution in [2.45, 2.75) is 30.2 Å². The molecule has 2 aromatic carbocycles. The highest BCUT2D eigenvalue weighted by Gasteiger charge is 2.32. The van der Waals surface area contributed by atoms with Crippen LogP contribution in [0.5, 0.6) is 11.5 Å². The lowest BCUT2D eigenvalue weighted by Crippen LogP contribution is -2.32. The number of nitrogens with two attached hydrogens (primary N) is 1. The summed E-state index contributed by atoms with van der Waals surface area (Å²) in [6.45, 7) is 0.666. The lowest BCUT2D eigenvalue weighted by Gasteiger charge is -2.27. The molecule has 1 saturated heterocycles. The third-order valence-electron chi connectivity index (χ3n) is 4.98. The summed E-state index contributed by atoms with van der Waals surface area (Å²) in [5.74, 6) is 1.42. The van der Waals surface area contributed by atoms with Crippen LogP contribution >= 0.6 is 0 Å². The van der Waals surface area contributed by atoms with Gasteiger partial charge < -0.3 is 14.4 Å². The van der Waals surface area contributed by atoms with Gasteiger partial charge in [-0.3, -0.25) is 4.79 Å². The number of primary sulfonamides is 1. The fourth-order valence-corrected chi connectivity index (χ4v) is 4.08. The molecular weight excluding hydrogens is 380 g/mol. The number of methoxy groups -OCH3 is 2. The number of sulfonamides is 1. The molecule has 7 nitrogen and oxygen atoms in total. The Bertz CT molecular complexity index is 957. The molecule has 0 bridgehead atoms. The number of rotatable bonds is 6. The Morgan fingerprint density at radius 2 is 1.86 bits per heavy atom. The Labute approximate surface area is 165 Å². The molecule has 3 rings (SSSR count). The SMILES string of the molecule is COc1ccc(OC)c(C2CCCN2C(=O)Cc2ccc(S(N)(=O)=O)cc2)c1.